The largest absolute Gasteiger partial charge is 0.449 e. The second kappa shape index (κ2) is 8.10. The van der Waals surface area contributed by atoms with Crippen LogP contribution in [0.3, 0.4) is 0 Å². The Morgan fingerprint density at radius 2 is 2.04 bits per heavy atom. The van der Waals surface area contributed by atoms with Gasteiger partial charge in [-0.2, -0.15) is 0 Å². The molecule has 6 heteroatoms. The van der Waals surface area contributed by atoms with E-state index in [-0.39, 0.29) is 17.5 Å². The van der Waals surface area contributed by atoms with Crippen molar-refractivity contribution >= 4 is 27.8 Å². The minimum absolute atomic E-state index is 0.111. The second-order valence-corrected chi connectivity index (χ2v) is 7.41. The fourth-order valence-corrected chi connectivity index (χ4v) is 3.53. The molecule has 1 aliphatic rings. The summed E-state index contributed by atoms with van der Waals surface area (Å²) in [6.07, 6.45) is 2.31. The van der Waals surface area contributed by atoms with Gasteiger partial charge in [-0.15, -0.1) is 0 Å². The summed E-state index contributed by atoms with van der Waals surface area (Å²) in [7, 11) is 0. The molecule has 1 aliphatic carbocycles. The maximum Gasteiger partial charge on any atom is 0.340 e. The number of amides is 1. The maximum atomic E-state index is 13.1. The van der Waals surface area contributed by atoms with Crippen LogP contribution in [0.2, 0.25) is 0 Å². The molecule has 0 aromatic heterocycles. The van der Waals surface area contributed by atoms with E-state index in [9.17, 15) is 14.0 Å². The monoisotopic (exact) mass is 399 g/mol. The molecule has 1 fully saturated rings. The molecule has 0 saturated heterocycles. The van der Waals surface area contributed by atoms with Gasteiger partial charge in [0.1, 0.15) is 5.82 Å². The SMILES string of the molecule is C[C@@H]1[C@H](C)CCC[C@@H]1NC(=O)[C@@H](C)OC(=O)c1ccc(F)cc1Br. The minimum Gasteiger partial charge on any atom is -0.449 e. The third-order valence-corrected chi connectivity index (χ3v) is 5.49. The molecule has 0 heterocycles. The van der Waals surface area contributed by atoms with E-state index in [2.05, 4.69) is 35.1 Å². The van der Waals surface area contributed by atoms with Gasteiger partial charge in [0.15, 0.2) is 6.10 Å². The molecule has 0 aliphatic heterocycles. The van der Waals surface area contributed by atoms with Crippen molar-refractivity contribution in [2.45, 2.75) is 52.2 Å². The van der Waals surface area contributed by atoms with Gasteiger partial charge in [0.05, 0.1) is 5.56 Å². The first-order chi connectivity index (χ1) is 11.3. The lowest BCUT2D eigenvalue weighted by molar-refractivity contribution is -0.130. The van der Waals surface area contributed by atoms with Gasteiger partial charge in [-0.3, -0.25) is 4.79 Å². The topological polar surface area (TPSA) is 55.4 Å². The van der Waals surface area contributed by atoms with Crippen LogP contribution in [0.5, 0.6) is 0 Å². The van der Waals surface area contributed by atoms with Gasteiger partial charge in [-0.25, -0.2) is 9.18 Å². The zero-order valence-electron chi connectivity index (χ0n) is 14.1. The Morgan fingerprint density at radius 3 is 2.71 bits per heavy atom. The molecule has 0 bridgehead atoms. The number of hydrogen-bond acceptors (Lipinski definition) is 3. The zero-order chi connectivity index (χ0) is 17.9. The quantitative estimate of drug-likeness (QED) is 0.776. The summed E-state index contributed by atoms with van der Waals surface area (Å²) in [6.45, 7) is 5.88. The van der Waals surface area contributed by atoms with E-state index in [4.69, 9.17) is 4.74 Å². The van der Waals surface area contributed by atoms with Crippen LogP contribution in [0.4, 0.5) is 4.39 Å². The molecule has 132 valence electrons. The summed E-state index contributed by atoms with van der Waals surface area (Å²) < 4.78 is 18.6. The van der Waals surface area contributed by atoms with E-state index in [0.717, 1.165) is 12.8 Å². The van der Waals surface area contributed by atoms with Crippen molar-refractivity contribution in [3.8, 4) is 0 Å². The molecule has 4 nitrogen and oxygen atoms in total. The number of rotatable bonds is 4. The molecule has 1 N–H and O–H groups in total. The van der Waals surface area contributed by atoms with Crippen LogP contribution >= 0.6 is 15.9 Å². The van der Waals surface area contributed by atoms with E-state index >= 15 is 0 Å². The van der Waals surface area contributed by atoms with Gasteiger partial charge >= 0.3 is 5.97 Å². The number of carbonyl (C=O) groups excluding carboxylic acids is 2. The summed E-state index contributed by atoms with van der Waals surface area (Å²) in [5.41, 5.74) is 0.190. The van der Waals surface area contributed by atoms with Gasteiger partial charge in [0.25, 0.3) is 5.91 Å². The van der Waals surface area contributed by atoms with E-state index in [1.165, 1.54) is 24.6 Å². The lowest BCUT2D eigenvalue weighted by Crippen LogP contribution is -2.47. The van der Waals surface area contributed by atoms with Gasteiger partial charge in [0.2, 0.25) is 0 Å². The third-order valence-electron chi connectivity index (χ3n) is 4.84. The van der Waals surface area contributed by atoms with Crippen molar-refractivity contribution in [3.05, 3.63) is 34.1 Å². The number of benzene rings is 1. The van der Waals surface area contributed by atoms with Gasteiger partial charge in [-0.05, 0) is 59.3 Å². The maximum absolute atomic E-state index is 13.1. The average molecular weight is 400 g/mol. The molecule has 24 heavy (non-hydrogen) atoms. The molecule has 4 atom stereocenters. The van der Waals surface area contributed by atoms with Crippen LogP contribution < -0.4 is 5.32 Å². The molecule has 0 radical (unpaired) electrons. The Kier molecular flexibility index (Phi) is 6.38. The highest BCUT2D eigenvalue weighted by atomic mass is 79.9. The molecule has 0 spiro atoms. The zero-order valence-corrected chi connectivity index (χ0v) is 15.7. The molecular weight excluding hydrogens is 377 g/mol. The van der Waals surface area contributed by atoms with Crippen LogP contribution in [0.1, 0.15) is 50.4 Å². The average Bonchev–Trinajstić information content (AvgIpc) is 2.51. The minimum atomic E-state index is -0.904. The summed E-state index contributed by atoms with van der Waals surface area (Å²) in [6, 6.07) is 3.81. The first kappa shape index (κ1) is 18.9. The fraction of sp³-hybridized carbons (Fsp3) is 0.556. The number of hydrogen-bond donors (Lipinski definition) is 1. The van der Waals surface area contributed by atoms with Crippen LogP contribution in [0, 0.1) is 17.7 Å². The molecule has 1 saturated carbocycles. The van der Waals surface area contributed by atoms with Crippen molar-refractivity contribution in [1.82, 2.24) is 5.32 Å². The Labute approximate surface area is 150 Å². The van der Waals surface area contributed by atoms with Crippen molar-refractivity contribution in [2.75, 3.05) is 0 Å². The normalized spacial score (nSPS) is 25.0. The fourth-order valence-electron chi connectivity index (χ4n) is 3.02. The van der Waals surface area contributed by atoms with E-state index in [1.54, 1.807) is 6.92 Å². The predicted octanol–water partition coefficient (Wildman–Crippen LogP) is 4.07. The summed E-state index contributed by atoms with van der Waals surface area (Å²) >= 11 is 3.13. The number of esters is 1. The van der Waals surface area contributed by atoms with E-state index in [0.29, 0.717) is 16.3 Å². The predicted molar refractivity (Wildman–Crippen MR) is 93.1 cm³/mol. The number of nitrogens with one attached hydrogen (secondary N) is 1. The number of carbonyl (C=O) groups is 2. The Hall–Kier alpha value is -1.43. The molecule has 1 amide bonds. The first-order valence-corrected chi connectivity index (χ1v) is 9.05. The third kappa shape index (κ3) is 4.56. The van der Waals surface area contributed by atoms with Crippen LogP contribution in [0.15, 0.2) is 22.7 Å². The molecule has 2 rings (SSSR count). The highest BCUT2D eigenvalue weighted by Crippen LogP contribution is 2.29. The highest BCUT2D eigenvalue weighted by molar-refractivity contribution is 9.10. The molecule has 0 unspecified atom stereocenters. The van der Waals surface area contributed by atoms with Crippen LogP contribution in [0.25, 0.3) is 0 Å². The van der Waals surface area contributed by atoms with Crippen LogP contribution in [-0.2, 0) is 9.53 Å². The lowest BCUT2D eigenvalue weighted by Gasteiger charge is -2.35. The van der Waals surface area contributed by atoms with Crippen LogP contribution in [-0.4, -0.2) is 24.0 Å². The van der Waals surface area contributed by atoms with Crippen molar-refractivity contribution < 1.29 is 18.7 Å². The Morgan fingerprint density at radius 1 is 1.33 bits per heavy atom. The second-order valence-electron chi connectivity index (χ2n) is 6.55. The first-order valence-electron chi connectivity index (χ1n) is 8.26. The van der Waals surface area contributed by atoms with Crippen molar-refractivity contribution in [1.29, 1.82) is 0 Å². The summed E-state index contributed by atoms with van der Waals surface area (Å²) in [5.74, 6) is -0.444. The van der Waals surface area contributed by atoms with Gasteiger partial charge in [-0.1, -0.05) is 26.7 Å². The van der Waals surface area contributed by atoms with Gasteiger partial charge in [0, 0.05) is 10.5 Å². The molecule has 1 aromatic rings. The van der Waals surface area contributed by atoms with Crippen molar-refractivity contribution in [3.63, 3.8) is 0 Å². The molecular formula is C18H23BrFNO3. The summed E-state index contributed by atoms with van der Waals surface area (Å²) in [4.78, 5) is 24.5. The van der Waals surface area contributed by atoms with E-state index in [1.807, 2.05) is 0 Å². The highest BCUT2D eigenvalue weighted by Gasteiger charge is 2.30. The smallest absolute Gasteiger partial charge is 0.340 e. The lowest BCUT2D eigenvalue weighted by atomic mass is 9.78. The van der Waals surface area contributed by atoms with Crippen molar-refractivity contribution in [2.24, 2.45) is 11.8 Å². The van der Waals surface area contributed by atoms with Gasteiger partial charge < -0.3 is 10.1 Å². The standard InChI is InChI=1S/C18H23BrFNO3/c1-10-5-4-6-16(11(10)2)21-17(22)12(3)24-18(23)14-8-7-13(20)9-15(14)19/h7-12,16H,4-6H2,1-3H3,(H,21,22)/t10-,11-,12-,16+/m1/s1. The summed E-state index contributed by atoms with van der Waals surface area (Å²) in [5, 5.41) is 2.99. The molecule has 1 aromatic carbocycles. The number of ether oxygens (including phenoxy) is 1. The van der Waals surface area contributed by atoms with E-state index < -0.39 is 17.9 Å². The Bertz CT molecular complexity index is 622. The Balaban J connectivity index is 1.94. The number of halogens is 2.